The summed E-state index contributed by atoms with van der Waals surface area (Å²) >= 11 is 3.57. The van der Waals surface area contributed by atoms with Crippen molar-refractivity contribution in [2.75, 3.05) is 11.9 Å². The molecule has 0 aliphatic heterocycles. The first-order valence-corrected chi connectivity index (χ1v) is 8.22. The topological polar surface area (TPSA) is 36.9 Å². The number of rotatable bonds is 5. The van der Waals surface area contributed by atoms with Gasteiger partial charge in [-0.15, -0.1) is 0 Å². The van der Waals surface area contributed by atoms with Gasteiger partial charge >= 0.3 is 0 Å². The minimum Gasteiger partial charge on any atom is -0.330 e. The molecule has 3 nitrogen and oxygen atoms in total. The Labute approximate surface area is 140 Å². The molecule has 116 valence electrons. The van der Waals surface area contributed by atoms with Crippen LogP contribution in [0.5, 0.6) is 0 Å². The van der Waals surface area contributed by atoms with E-state index < -0.39 is 0 Å². The predicted octanol–water partition coefficient (Wildman–Crippen LogP) is 3.13. The van der Waals surface area contributed by atoms with E-state index in [2.05, 4.69) is 34.2 Å². The number of amides is 1. The molecule has 2 aromatic carbocycles. The summed E-state index contributed by atoms with van der Waals surface area (Å²) in [5.41, 5.74) is 2.12. The molecule has 0 aliphatic rings. The Kier molecular flexibility index (Phi) is 5.75. The van der Waals surface area contributed by atoms with Crippen molar-refractivity contribution in [3.63, 3.8) is 0 Å². The number of hydrogen-bond acceptors (Lipinski definition) is 1. The van der Waals surface area contributed by atoms with E-state index in [1.807, 2.05) is 62.5 Å². The van der Waals surface area contributed by atoms with E-state index in [0.717, 1.165) is 10.2 Å². The van der Waals surface area contributed by atoms with Gasteiger partial charge in [0.1, 0.15) is 6.04 Å². The molecule has 0 saturated carbocycles. The number of carbonyl (C=O) groups excluding carboxylic acids is 1. The number of nitrogens with two attached hydrogens (primary N) is 1. The summed E-state index contributed by atoms with van der Waals surface area (Å²) in [5, 5.41) is 2.10. The van der Waals surface area contributed by atoms with Crippen molar-refractivity contribution in [1.29, 1.82) is 0 Å². The van der Waals surface area contributed by atoms with E-state index in [9.17, 15) is 4.79 Å². The number of carbonyl (C=O) groups is 1. The van der Waals surface area contributed by atoms with Gasteiger partial charge in [0.2, 0.25) is 0 Å². The van der Waals surface area contributed by atoms with Crippen LogP contribution in [0.3, 0.4) is 0 Å². The molecule has 0 spiro atoms. The molecule has 0 bridgehead atoms. The Morgan fingerprint density at radius 3 is 2.27 bits per heavy atom. The highest BCUT2D eigenvalue weighted by molar-refractivity contribution is 9.10. The summed E-state index contributed by atoms with van der Waals surface area (Å²) in [6.45, 7) is 4.07. The summed E-state index contributed by atoms with van der Waals surface area (Å²) in [6.07, 6.45) is 0. The van der Waals surface area contributed by atoms with Crippen molar-refractivity contribution in [2.24, 2.45) is 0 Å². The molecule has 0 aliphatic carbocycles. The fourth-order valence-electron chi connectivity index (χ4n) is 2.55. The predicted molar refractivity (Wildman–Crippen MR) is 93.8 cm³/mol. The second-order valence-electron chi connectivity index (χ2n) is 5.52. The zero-order chi connectivity index (χ0) is 16.1. The van der Waals surface area contributed by atoms with E-state index >= 15 is 0 Å². The second kappa shape index (κ2) is 7.56. The van der Waals surface area contributed by atoms with Gasteiger partial charge in [0.25, 0.3) is 5.91 Å². The Hall–Kier alpha value is -1.65. The molecule has 4 heteroatoms. The van der Waals surface area contributed by atoms with Crippen LogP contribution in [0.25, 0.3) is 0 Å². The Bertz CT molecular complexity index is 630. The Balaban J connectivity index is 2.04. The highest BCUT2D eigenvalue weighted by Crippen LogP contribution is 2.20. The molecule has 0 aromatic heterocycles. The van der Waals surface area contributed by atoms with Crippen molar-refractivity contribution >= 4 is 27.5 Å². The molecule has 0 fully saturated rings. The molecule has 0 unspecified atom stereocenters. The quantitative estimate of drug-likeness (QED) is 0.872. The van der Waals surface area contributed by atoms with Crippen LogP contribution in [-0.4, -0.2) is 19.0 Å². The van der Waals surface area contributed by atoms with Crippen LogP contribution < -0.4 is 10.2 Å². The number of likely N-dealkylation sites (N-methyl/N-ethyl adjacent to an activating group) is 1. The van der Waals surface area contributed by atoms with Crippen molar-refractivity contribution in [2.45, 2.75) is 25.9 Å². The molecule has 2 aromatic rings. The molecular formula is C18H22BrN2O+. The molecule has 0 saturated heterocycles. The smallest absolute Gasteiger partial charge is 0.284 e. The lowest BCUT2D eigenvalue weighted by Gasteiger charge is -2.23. The highest BCUT2D eigenvalue weighted by atomic mass is 79.9. The van der Waals surface area contributed by atoms with Gasteiger partial charge in [-0.1, -0.05) is 52.3 Å². The first-order valence-electron chi connectivity index (χ1n) is 7.42. The van der Waals surface area contributed by atoms with Crippen LogP contribution in [-0.2, 0) is 4.79 Å². The summed E-state index contributed by atoms with van der Waals surface area (Å²) < 4.78 is 1.08. The molecule has 2 N–H and O–H groups in total. The van der Waals surface area contributed by atoms with Crippen LogP contribution in [0.15, 0.2) is 59.1 Å². The van der Waals surface area contributed by atoms with Gasteiger partial charge in [-0.2, -0.15) is 0 Å². The minimum absolute atomic E-state index is 0.102. The number of para-hydroxylation sites is 1. The lowest BCUT2D eigenvalue weighted by atomic mass is 10.1. The highest BCUT2D eigenvalue weighted by Gasteiger charge is 2.24. The second-order valence-corrected chi connectivity index (χ2v) is 6.38. The summed E-state index contributed by atoms with van der Waals surface area (Å²) in [4.78, 5) is 14.3. The molecule has 2 rings (SSSR count). The lowest BCUT2D eigenvalue weighted by molar-refractivity contribution is -0.710. The first kappa shape index (κ1) is 16.7. The Morgan fingerprint density at radius 1 is 1.05 bits per heavy atom. The SMILES string of the molecule is C[C@@H]([NH2+][C@H](C)c1ccccc1Br)C(=O)N(C)c1ccccc1. The third-order valence-corrected chi connectivity index (χ3v) is 4.56. The number of anilines is 1. The van der Waals surface area contributed by atoms with Crippen LogP contribution in [0, 0.1) is 0 Å². The van der Waals surface area contributed by atoms with E-state index in [-0.39, 0.29) is 18.0 Å². The van der Waals surface area contributed by atoms with Gasteiger partial charge in [-0.3, -0.25) is 4.79 Å². The monoisotopic (exact) mass is 361 g/mol. The van der Waals surface area contributed by atoms with Gasteiger partial charge < -0.3 is 10.2 Å². The van der Waals surface area contributed by atoms with Gasteiger partial charge in [0, 0.05) is 22.8 Å². The van der Waals surface area contributed by atoms with E-state index in [1.165, 1.54) is 5.56 Å². The van der Waals surface area contributed by atoms with E-state index in [1.54, 1.807) is 4.90 Å². The van der Waals surface area contributed by atoms with Crippen LogP contribution in [0.4, 0.5) is 5.69 Å². The standard InChI is InChI=1S/C18H21BrN2O/c1-13(16-11-7-8-12-17(16)19)20-14(2)18(22)21(3)15-9-5-4-6-10-15/h4-14,20H,1-3H3/p+1/t13-,14-/m1/s1. The zero-order valence-corrected chi connectivity index (χ0v) is 14.7. The Morgan fingerprint density at radius 2 is 1.64 bits per heavy atom. The van der Waals surface area contributed by atoms with Crippen molar-refractivity contribution in [3.05, 3.63) is 64.6 Å². The molecule has 2 atom stereocenters. The summed E-state index contributed by atoms with van der Waals surface area (Å²) in [7, 11) is 1.82. The normalized spacial score (nSPS) is 13.5. The van der Waals surface area contributed by atoms with E-state index in [0.29, 0.717) is 0 Å². The number of nitrogens with zero attached hydrogens (tertiary/aromatic N) is 1. The molecule has 1 amide bonds. The third-order valence-electron chi connectivity index (χ3n) is 3.84. The van der Waals surface area contributed by atoms with Crippen molar-refractivity contribution in [1.82, 2.24) is 0 Å². The molecular weight excluding hydrogens is 340 g/mol. The van der Waals surface area contributed by atoms with Crippen LogP contribution >= 0.6 is 15.9 Å². The number of quaternary nitrogens is 1. The fraction of sp³-hybridized carbons (Fsp3) is 0.278. The maximum atomic E-state index is 12.6. The van der Waals surface area contributed by atoms with Gasteiger partial charge in [-0.25, -0.2) is 0 Å². The number of halogens is 1. The van der Waals surface area contributed by atoms with Gasteiger partial charge in [-0.05, 0) is 32.0 Å². The van der Waals surface area contributed by atoms with Gasteiger partial charge in [0.15, 0.2) is 6.04 Å². The van der Waals surface area contributed by atoms with Crippen LogP contribution in [0.2, 0.25) is 0 Å². The maximum absolute atomic E-state index is 12.6. The fourth-order valence-corrected chi connectivity index (χ4v) is 3.19. The van der Waals surface area contributed by atoms with Crippen molar-refractivity contribution in [3.8, 4) is 0 Å². The van der Waals surface area contributed by atoms with Crippen LogP contribution in [0.1, 0.15) is 25.5 Å². The minimum atomic E-state index is -0.146. The lowest BCUT2D eigenvalue weighted by Crippen LogP contribution is -2.92. The molecule has 0 radical (unpaired) electrons. The van der Waals surface area contributed by atoms with Gasteiger partial charge in [0.05, 0.1) is 0 Å². The summed E-state index contributed by atoms with van der Waals surface area (Å²) in [6, 6.07) is 17.9. The first-order chi connectivity index (χ1) is 10.5. The van der Waals surface area contributed by atoms with E-state index in [4.69, 9.17) is 0 Å². The van der Waals surface area contributed by atoms with Crippen molar-refractivity contribution < 1.29 is 10.1 Å². The number of benzene rings is 2. The largest absolute Gasteiger partial charge is 0.330 e. The third kappa shape index (κ3) is 3.96. The average molecular weight is 362 g/mol. The maximum Gasteiger partial charge on any atom is 0.284 e. The molecule has 0 heterocycles. The summed E-state index contributed by atoms with van der Waals surface area (Å²) in [5.74, 6) is 0.102. The zero-order valence-electron chi connectivity index (χ0n) is 13.2. The number of hydrogen-bond donors (Lipinski definition) is 1. The molecule has 22 heavy (non-hydrogen) atoms. The average Bonchev–Trinajstić information content (AvgIpc) is 2.54.